The van der Waals surface area contributed by atoms with Gasteiger partial charge in [-0.2, -0.15) is 0 Å². The van der Waals surface area contributed by atoms with Crippen LogP contribution in [0.4, 0.5) is 0 Å². The fourth-order valence-electron chi connectivity index (χ4n) is 2.18. The van der Waals surface area contributed by atoms with Gasteiger partial charge in [0.15, 0.2) is 0 Å². The summed E-state index contributed by atoms with van der Waals surface area (Å²) < 4.78 is 5.62. The highest BCUT2D eigenvalue weighted by Crippen LogP contribution is 2.49. The van der Waals surface area contributed by atoms with Crippen LogP contribution in [0.15, 0.2) is 0 Å². The summed E-state index contributed by atoms with van der Waals surface area (Å²) in [5, 5.41) is 9.67. The molecule has 0 aromatic heterocycles. The van der Waals surface area contributed by atoms with Gasteiger partial charge in [-0.1, -0.05) is 13.8 Å². The lowest BCUT2D eigenvalue weighted by atomic mass is 9.83. The first kappa shape index (κ1) is 8.52. The van der Waals surface area contributed by atoms with Gasteiger partial charge in [0.2, 0.25) is 0 Å². The van der Waals surface area contributed by atoms with Crippen LogP contribution in [-0.4, -0.2) is 23.4 Å². The molecular formula is C10H18O2. The van der Waals surface area contributed by atoms with E-state index >= 15 is 0 Å². The normalized spacial score (nSPS) is 39.0. The first-order valence-corrected chi connectivity index (χ1v) is 4.95. The third-order valence-corrected chi connectivity index (χ3v) is 3.33. The quantitative estimate of drug-likeness (QED) is 0.647. The molecule has 2 heteroatoms. The van der Waals surface area contributed by atoms with E-state index in [0.717, 1.165) is 6.42 Å². The molecule has 1 saturated heterocycles. The summed E-state index contributed by atoms with van der Waals surface area (Å²) in [5.74, 6) is 1.04. The number of rotatable bonds is 1. The molecule has 70 valence electrons. The molecule has 1 spiro atoms. The highest BCUT2D eigenvalue weighted by molar-refractivity contribution is 5.01. The molecule has 1 unspecified atom stereocenters. The number of hydrogen-bond donors (Lipinski definition) is 1. The molecule has 2 aliphatic rings. The van der Waals surface area contributed by atoms with Crippen molar-refractivity contribution in [3.05, 3.63) is 0 Å². The van der Waals surface area contributed by atoms with Crippen molar-refractivity contribution >= 4 is 0 Å². The van der Waals surface area contributed by atoms with E-state index in [0.29, 0.717) is 18.4 Å². The molecule has 2 fully saturated rings. The van der Waals surface area contributed by atoms with Crippen LogP contribution in [0.3, 0.4) is 0 Å². The van der Waals surface area contributed by atoms with Crippen molar-refractivity contribution in [3.63, 3.8) is 0 Å². The van der Waals surface area contributed by atoms with Crippen molar-refractivity contribution in [2.75, 3.05) is 6.61 Å². The van der Waals surface area contributed by atoms with Gasteiger partial charge in [-0.25, -0.2) is 0 Å². The summed E-state index contributed by atoms with van der Waals surface area (Å²) in [7, 11) is 0. The summed E-state index contributed by atoms with van der Waals surface area (Å²) >= 11 is 0. The molecule has 0 aromatic rings. The number of aliphatic hydroxyl groups excluding tert-OH is 1. The largest absolute Gasteiger partial charge is 0.390 e. The Kier molecular flexibility index (Phi) is 1.92. The summed E-state index contributed by atoms with van der Waals surface area (Å²) in [6.07, 6.45) is 3.27. The Morgan fingerprint density at radius 3 is 2.58 bits per heavy atom. The van der Waals surface area contributed by atoms with Gasteiger partial charge in [0, 0.05) is 0 Å². The summed E-state index contributed by atoms with van der Waals surface area (Å²) in [4.78, 5) is 0. The van der Waals surface area contributed by atoms with E-state index in [9.17, 15) is 5.11 Å². The molecule has 0 aromatic carbocycles. The van der Waals surface area contributed by atoms with Crippen LogP contribution < -0.4 is 0 Å². The van der Waals surface area contributed by atoms with E-state index < -0.39 is 0 Å². The van der Waals surface area contributed by atoms with Crippen molar-refractivity contribution < 1.29 is 9.84 Å². The number of hydrogen-bond acceptors (Lipinski definition) is 2. The molecule has 2 atom stereocenters. The molecule has 12 heavy (non-hydrogen) atoms. The fourth-order valence-corrected chi connectivity index (χ4v) is 2.18. The van der Waals surface area contributed by atoms with Gasteiger partial charge in [-0.05, 0) is 31.1 Å². The highest BCUT2D eigenvalue weighted by Gasteiger charge is 2.50. The van der Waals surface area contributed by atoms with Gasteiger partial charge < -0.3 is 9.84 Å². The Labute approximate surface area is 73.9 Å². The third kappa shape index (κ3) is 1.38. The van der Waals surface area contributed by atoms with E-state index in [4.69, 9.17) is 4.74 Å². The highest BCUT2D eigenvalue weighted by atomic mass is 16.5. The van der Waals surface area contributed by atoms with Crippen molar-refractivity contribution in [3.8, 4) is 0 Å². The van der Waals surface area contributed by atoms with Gasteiger partial charge >= 0.3 is 0 Å². The zero-order valence-electron chi connectivity index (χ0n) is 7.92. The lowest BCUT2D eigenvalue weighted by Crippen LogP contribution is -2.40. The van der Waals surface area contributed by atoms with E-state index in [-0.39, 0.29) is 11.7 Å². The number of ether oxygens (including phenoxy) is 1. The molecule has 0 amide bonds. The molecule has 0 bridgehead atoms. The lowest BCUT2D eigenvalue weighted by molar-refractivity contribution is -0.112. The van der Waals surface area contributed by atoms with Crippen molar-refractivity contribution in [1.82, 2.24) is 0 Å². The van der Waals surface area contributed by atoms with E-state index in [1.807, 2.05) is 0 Å². The average molecular weight is 170 g/mol. The summed E-state index contributed by atoms with van der Waals surface area (Å²) in [5.41, 5.74) is 0.203. The molecule has 1 N–H and O–H groups in total. The van der Waals surface area contributed by atoms with Gasteiger partial charge in [0.25, 0.3) is 0 Å². The fraction of sp³-hybridized carbons (Fsp3) is 1.00. The summed E-state index contributed by atoms with van der Waals surface area (Å²) in [6, 6.07) is 0. The zero-order chi connectivity index (χ0) is 8.77. The smallest absolute Gasteiger partial charge is 0.0805 e. The average Bonchev–Trinajstić information content (AvgIpc) is 2.76. The van der Waals surface area contributed by atoms with Crippen LogP contribution >= 0.6 is 0 Å². The SMILES string of the molecule is CC(C)[C@@H]1CC2(CC2)OCC1O. The Morgan fingerprint density at radius 2 is 2.08 bits per heavy atom. The maximum absolute atomic E-state index is 9.67. The van der Waals surface area contributed by atoms with E-state index in [1.54, 1.807) is 0 Å². The topological polar surface area (TPSA) is 29.5 Å². The first-order valence-electron chi connectivity index (χ1n) is 4.95. The van der Waals surface area contributed by atoms with E-state index in [2.05, 4.69) is 13.8 Å². The monoisotopic (exact) mass is 170 g/mol. The molecule has 1 aliphatic carbocycles. The zero-order valence-corrected chi connectivity index (χ0v) is 7.92. The molecule has 1 aliphatic heterocycles. The molecule has 2 rings (SSSR count). The van der Waals surface area contributed by atoms with Gasteiger partial charge in [0.05, 0.1) is 18.3 Å². The second-order valence-corrected chi connectivity index (χ2v) is 4.67. The van der Waals surface area contributed by atoms with Crippen LogP contribution in [0.1, 0.15) is 33.1 Å². The third-order valence-electron chi connectivity index (χ3n) is 3.33. The number of aliphatic hydroxyl groups is 1. The van der Waals surface area contributed by atoms with Gasteiger partial charge in [-0.3, -0.25) is 0 Å². The minimum atomic E-state index is -0.226. The molecule has 1 saturated carbocycles. The van der Waals surface area contributed by atoms with Crippen molar-refractivity contribution in [1.29, 1.82) is 0 Å². The molecule has 1 heterocycles. The van der Waals surface area contributed by atoms with Crippen LogP contribution in [0.5, 0.6) is 0 Å². The maximum atomic E-state index is 9.67. The van der Waals surface area contributed by atoms with Gasteiger partial charge in [-0.15, -0.1) is 0 Å². The molecule has 2 nitrogen and oxygen atoms in total. The molecular weight excluding hydrogens is 152 g/mol. The van der Waals surface area contributed by atoms with Crippen LogP contribution in [0, 0.1) is 11.8 Å². The second-order valence-electron chi connectivity index (χ2n) is 4.67. The Morgan fingerprint density at radius 1 is 1.42 bits per heavy atom. The Bertz CT molecular complexity index is 173. The van der Waals surface area contributed by atoms with E-state index in [1.165, 1.54) is 12.8 Å². The van der Waals surface area contributed by atoms with Crippen LogP contribution in [-0.2, 0) is 4.74 Å². The Hall–Kier alpha value is -0.0800. The minimum absolute atomic E-state index is 0.203. The minimum Gasteiger partial charge on any atom is -0.390 e. The summed E-state index contributed by atoms with van der Waals surface area (Å²) in [6.45, 7) is 4.94. The van der Waals surface area contributed by atoms with Crippen molar-refractivity contribution in [2.45, 2.75) is 44.8 Å². The maximum Gasteiger partial charge on any atom is 0.0805 e. The lowest BCUT2D eigenvalue weighted by Gasteiger charge is -2.36. The second kappa shape index (κ2) is 2.71. The van der Waals surface area contributed by atoms with Crippen molar-refractivity contribution in [2.24, 2.45) is 11.8 Å². The standard InChI is InChI=1S/C10H18O2/c1-7(2)8-5-10(3-4-10)12-6-9(8)11/h7-9,11H,3-6H2,1-2H3/t8-,9?/m0/s1. The van der Waals surface area contributed by atoms with Crippen LogP contribution in [0.2, 0.25) is 0 Å². The predicted molar refractivity (Wildman–Crippen MR) is 46.9 cm³/mol. The van der Waals surface area contributed by atoms with Gasteiger partial charge in [0.1, 0.15) is 0 Å². The predicted octanol–water partition coefficient (Wildman–Crippen LogP) is 1.57. The molecule has 0 radical (unpaired) electrons. The van der Waals surface area contributed by atoms with Crippen LogP contribution in [0.25, 0.3) is 0 Å². The Balaban J connectivity index is 2.00. The first-order chi connectivity index (χ1) is 5.63.